The molecule has 32 heavy (non-hydrogen) atoms. The van der Waals surface area contributed by atoms with Crippen molar-refractivity contribution in [3.8, 4) is 0 Å². The Morgan fingerprint density at radius 3 is 2.09 bits per heavy atom. The van der Waals surface area contributed by atoms with Crippen LogP contribution in [0, 0.1) is 0 Å². The first-order valence-corrected chi connectivity index (χ1v) is 10.6. The molecule has 2 unspecified atom stereocenters. The lowest BCUT2D eigenvalue weighted by Crippen LogP contribution is -2.52. The van der Waals surface area contributed by atoms with Crippen molar-refractivity contribution in [2.45, 2.75) is 36.8 Å². The highest BCUT2D eigenvalue weighted by Gasteiger charge is 2.38. The molecule has 170 valence electrons. The molecule has 4 N–H and O–H groups in total. The van der Waals surface area contributed by atoms with E-state index in [9.17, 15) is 29.7 Å². The van der Waals surface area contributed by atoms with Crippen LogP contribution in [0.4, 0.5) is 0 Å². The third kappa shape index (κ3) is 5.33. The highest BCUT2D eigenvalue weighted by Crippen LogP contribution is 2.33. The SMILES string of the molecule is O=C(O)C(c1ccccc1)C(CN[C@@H](CO)C(=O)N1CCC[C@H]1C(=O)O)c1ccccc1. The molecule has 0 bridgehead atoms. The van der Waals surface area contributed by atoms with Crippen molar-refractivity contribution in [3.63, 3.8) is 0 Å². The van der Waals surface area contributed by atoms with Crippen LogP contribution >= 0.6 is 0 Å². The van der Waals surface area contributed by atoms with Gasteiger partial charge in [0.15, 0.2) is 0 Å². The molecule has 4 atom stereocenters. The zero-order valence-corrected chi connectivity index (χ0v) is 17.6. The van der Waals surface area contributed by atoms with Gasteiger partial charge in [0, 0.05) is 19.0 Å². The summed E-state index contributed by atoms with van der Waals surface area (Å²) in [5.74, 6) is -3.95. The van der Waals surface area contributed by atoms with Gasteiger partial charge in [-0.25, -0.2) is 4.79 Å². The number of carboxylic acid groups (broad SMARTS) is 2. The van der Waals surface area contributed by atoms with Crippen molar-refractivity contribution in [2.75, 3.05) is 19.7 Å². The molecular formula is C24H28N2O6. The summed E-state index contributed by atoms with van der Waals surface area (Å²) in [4.78, 5) is 37.9. The number of carboxylic acids is 2. The minimum absolute atomic E-state index is 0.110. The number of aliphatic carboxylic acids is 2. The number of nitrogens with zero attached hydrogens (tertiary/aromatic N) is 1. The second-order valence-electron chi connectivity index (χ2n) is 7.92. The average molecular weight is 440 g/mol. The maximum atomic E-state index is 12.9. The van der Waals surface area contributed by atoms with Crippen LogP contribution in [-0.2, 0) is 14.4 Å². The first kappa shape index (κ1) is 23.4. The van der Waals surface area contributed by atoms with Crippen molar-refractivity contribution in [1.29, 1.82) is 0 Å². The summed E-state index contributed by atoms with van der Waals surface area (Å²) in [6, 6.07) is 16.1. The minimum atomic E-state index is -1.07. The van der Waals surface area contributed by atoms with E-state index in [1.54, 1.807) is 24.3 Å². The van der Waals surface area contributed by atoms with Crippen LogP contribution in [0.1, 0.15) is 35.8 Å². The van der Waals surface area contributed by atoms with E-state index in [4.69, 9.17) is 0 Å². The summed E-state index contributed by atoms with van der Waals surface area (Å²) in [5, 5.41) is 32.3. The fourth-order valence-electron chi connectivity index (χ4n) is 4.32. The number of hydrogen-bond acceptors (Lipinski definition) is 5. The van der Waals surface area contributed by atoms with Crippen LogP contribution in [0.3, 0.4) is 0 Å². The van der Waals surface area contributed by atoms with E-state index in [2.05, 4.69) is 5.32 Å². The molecule has 2 aromatic carbocycles. The van der Waals surface area contributed by atoms with E-state index in [0.717, 1.165) is 5.56 Å². The molecule has 1 heterocycles. The number of nitrogens with one attached hydrogen (secondary N) is 1. The van der Waals surface area contributed by atoms with Crippen molar-refractivity contribution < 1.29 is 29.7 Å². The van der Waals surface area contributed by atoms with Gasteiger partial charge < -0.3 is 25.5 Å². The first-order chi connectivity index (χ1) is 15.4. The van der Waals surface area contributed by atoms with Crippen molar-refractivity contribution >= 4 is 17.8 Å². The average Bonchev–Trinajstić information content (AvgIpc) is 3.30. The minimum Gasteiger partial charge on any atom is -0.481 e. The summed E-state index contributed by atoms with van der Waals surface area (Å²) in [6.45, 7) is -0.0947. The van der Waals surface area contributed by atoms with Gasteiger partial charge in [-0.1, -0.05) is 60.7 Å². The predicted molar refractivity (Wildman–Crippen MR) is 117 cm³/mol. The second kappa shape index (κ2) is 10.9. The number of rotatable bonds is 10. The summed E-state index contributed by atoms with van der Waals surface area (Å²) in [5.41, 5.74) is 1.41. The Kier molecular flexibility index (Phi) is 7.97. The van der Waals surface area contributed by atoms with Gasteiger partial charge in [-0.2, -0.15) is 0 Å². The number of likely N-dealkylation sites (tertiary alicyclic amines) is 1. The molecule has 1 saturated heterocycles. The molecule has 1 amide bonds. The Morgan fingerprint density at radius 2 is 1.56 bits per heavy atom. The normalized spacial score (nSPS) is 18.7. The lowest BCUT2D eigenvalue weighted by atomic mass is 9.81. The molecular weight excluding hydrogens is 412 g/mol. The molecule has 8 heteroatoms. The zero-order valence-electron chi connectivity index (χ0n) is 17.6. The van der Waals surface area contributed by atoms with E-state index < -0.39 is 48.4 Å². The van der Waals surface area contributed by atoms with Crippen LogP contribution in [0.15, 0.2) is 60.7 Å². The van der Waals surface area contributed by atoms with E-state index in [1.807, 2.05) is 36.4 Å². The van der Waals surface area contributed by atoms with Gasteiger partial charge >= 0.3 is 11.9 Å². The number of aliphatic hydroxyl groups is 1. The van der Waals surface area contributed by atoms with Crippen LogP contribution < -0.4 is 5.32 Å². The number of benzene rings is 2. The smallest absolute Gasteiger partial charge is 0.326 e. The number of amides is 1. The Hall–Kier alpha value is -3.23. The number of carbonyl (C=O) groups excluding carboxylic acids is 1. The Labute approximate surface area is 186 Å². The Balaban J connectivity index is 1.84. The van der Waals surface area contributed by atoms with Crippen LogP contribution in [0.2, 0.25) is 0 Å². The lowest BCUT2D eigenvalue weighted by Gasteiger charge is -2.30. The fraction of sp³-hybridized carbons (Fsp3) is 0.375. The van der Waals surface area contributed by atoms with Gasteiger partial charge in [0.1, 0.15) is 12.1 Å². The van der Waals surface area contributed by atoms with Crippen LogP contribution in [0.5, 0.6) is 0 Å². The number of hydrogen-bond donors (Lipinski definition) is 4. The quantitative estimate of drug-likeness (QED) is 0.442. The third-order valence-corrected chi connectivity index (χ3v) is 5.94. The van der Waals surface area contributed by atoms with Gasteiger partial charge in [0.05, 0.1) is 12.5 Å². The van der Waals surface area contributed by atoms with Crippen LogP contribution in [0.25, 0.3) is 0 Å². The molecule has 0 saturated carbocycles. The standard InChI is InChI=1S/C24H28N2O6/c27-15-19(22(28)26-13-7-12-20(26)23(29)30)25-14-18(16-8-3-1-4-9-16)21(24(31)32)17-10-5-2-6-11-17/h1-6,8-11,18-21,25,27H,7,12-15H2,(H,29,30)(H,31,32)/t18?,19-,20-,21?/m0/s1. The molecule has 2 aromatic rings. The third-order valence-electron chi connectivity index (χ3n) is 5.94. The highest BCUT2D eigenvalue weighted by molar-refractivity contribution is 5.87. The van der Waals surface area contributed by atoms with Crippen molar-refractivity contribution in [1.82, 2.24) is 10.2 Å². The van der Waals surface area contributed by atoms with E-state index in [1.165, 1.54) is 4.90 Å². The van der Waals surface area contributed by atoms with Gasteiger partial charge in [-0.05, 0) is 24.0 Å². The fourth-order valence-corrected chi connectivity index (χ4v) is 4.32. The molecule has 1 fully saturated rings. The van der Waals surface area contributed by atoms with Gasteiger partial charge in [0.25, 0.3) is 0 Å². The van der Waals surface area contributed by atoms with E-state index in [-0.39, 0.29) is 6.54 Å². The van der Waals surface area contributed by atoms with E-state index in [0.29, 0.717) is 24.9 Å². The largest absolute Gasteiger partial charge is 0.481 e. The second-order valence-corrected chi connectivity index (χ2v) is 7.92. The molecule has 0 radical (unpaired) electrons. The summed E-state index contributed by atoms with van der Waals surface area (Å²) < 4.78 is 0. The lowest BCUT2D eigenvalue weighted by molar-refractivity contribution is -0.149. The summed E-state index contributed by atoms with van der Waals surface area (Å²) in [6.07, 6.45) is 0.962. The summed E-state index contributed by atoms with van der Waals surface area (Å²) >= 11 is 0. The molecule has 1 aliphatic heterocycles. The van der Waals surface area contributed by atoms with Gasteiger partial charge in [0.2, 0.25) is 5.91 Å². The van der Waals surface area contributed by atoms with Gasteiger partial charge in [-0.15, -0.1) is 0 Å². The van der Waals surface area contributed by atoms with Crippen molar-refractivity contribution in [2.24, 2.45) is 0 Å². The zero-order chi connectivity index (χ0) is 23.1. The topological polar surface area (TPSA) is 127 Å². The maximum Gasteiger partial charge on any atom is 0.326 e. The maximum absolute atomic E-state index is 12.9. The molecule has 0 aromatic heterocycles. The molecule has 3 rings (SSSR count). The summed E-state index contributed by atoms with van der Waals surface area (Å²) in [7, 11) is 0. The first-order valence-electron chi connectivity index (χ1n) is 10.6. The number of aliphatic hydroxyl groups excluding tert-OH is 1. The Bertz CT molecular complexity index is 921. The Morgan fingerprint density at radius 1 is 0.969 bits per heavy atom. The molecule has 0 aliphatic carbocycles. The van der Waals surface area contributed by atoms with Crippen molar-refractivity contribution in [3.05, 3.63) is 71.8 Å². The highest BCUT2D eigenvalue weighted by atomic mass is 16.4. The molecule has 0 spiro atoms. The molecule has 8 nitrogen and oxygen atoms in total. The van der Waals surface area contributed by atoms with E-state index >= 15 is 0 Å². The monoisotopic (exact) mass is 440 g/mol. The molecule has 1 aliphatic rings. The van der Waals surface area contributed by atoms with Crippen LogP contribution in [-0.4, -0.2) is 69.8 Å². The predicted octanol–water partition coefficient (Wildman–Crippen LogP) is 1.66. The van der Waals surface area contributed by atoms with Gasteiger partial charge in [-0.3, -0.25) is 9.59 Å². The number of carbonyl (C=O) groups is 3.